The molecule has 2 aliphatic carbocycles. The largest absolute Gasteiger partial charge is 0.480 e. The quantitative estimate of drug-likeness (QED) is 0.864. The van der Waals surface area contributed by atoms with Crippen LogP contribution in [0.1, 0.15) is 44.9 Å². The second-order valence-corrected chi connectivity index (χ2v) is 6.55. The van der Waals surface area contributed by atoms with Crippen LogP contribution in [0, 0.1) is 11.8 Å². The van der Waals surface area contributed by atoms with Gasteiger partial charge in [0, 0.05) is 19.2 Å². The minimum Gasteiger partial charge on any atom is -0.480 e. The van der Waals surface area contributed by atoms with E-state index >= 15 is 0 Å². The molecule has 0 amide bonds. The van der Waals surface area contributed by atoms with Crippen molar-refractivity contribution < 1.29 is 14.7 Å². The predicted octanol–water partition coefficient (Wildman–Crippen LogP) is 2.75. The third-order valence-electron chi connectivity index (χ3n) is 5.10. The Morgan fingerprint density at radius 2 is 2.10 bits per heavy atom. The van der Waals surface area contributed by atoms with Crippen molar-refractivity contribution in [3.05, 3.63) is 23.9 Å². The third-order valence-corrected chi connectivity index (χ3v) is 5.10. The van der Waals surface area contributed by atoms with E-state index in [4.69, 9.17) is 0 Å². The zero-order valence-corrected chi connectivity index (χ0v) is 12.3. The number of nitrogens with zero attached hydrogens (tertiary/aromatic N) is 1. The van der Waals surface area contributed by atoms with Gasteiger partial charge in [-0.15, -0.1) is 0 Å². The first-order chi connectivity index (χ1) is 10.1. The van der Waals surface area contributed by atoms with Crippen LogP contribution in [0.15, 0.2) is 23.9 Å². The maximum atomic E-state index is 11.9. The molecule has 0 aromatic rings. The average molecular weight is 289 g/mol. The van der Waals surface area contributed by atoms with Crippen LogP contribution in [0.25, 0.3) is 0 Å². The first kappa shape index (κ1) is 14.4. The number of aliphatic carboxylic acids is 1. The molecular formula is C17H23NO3. The molecule has 0 aromatic carbocycles. The average Bonchev–Trinajstić information content (AvgIpc) is 2.91. The second-order valence-electron chi connectivity index (χ2n) is 6.55. The molecule has 21 heavy (non-hydrogen) atoms. The lowest BCUT2D eigenvalue weighted by Gasteiger charge is -2.30. The number of hydrogen-bond acceptors (Lipinski definition) is 3. The summed E-state index contributed by atoms with van der Waals surface area (Å²) in [6, 6.07) is -0.479. The van der Waals surface area contributed by atoms with Crippen molar-refractivity contribution in [2.75, 3.05) is 6.54 Å². The second kappa shape index (κ2) is 6.04. The Hall–Kier alpha value is -1.58. The molecule has 1 aliphatic heterocycles. The number of carbonyl (C=O) groups excluding carboxylic acids is 1. The molecule has 4 nitrogen and oxygen atoms in total. The minimum atomic E-state index is -0.757. The highest BCUT2D eigenvalue weighted by molar-refractivity contribution is 5.88. The van der Waals surface area contributed by atoms with Gasteiger partial charge in [-0.05, 0) is 17.9 Å². The smallest absolute Gasteiger partial charge is 0.326 e. The molecule has 0 spiro atoms. The summed E-state index contributed by atoms with van der Waals surface area (Å²) < 4.78 is 0. The molecule has 3 rings (SSSR count). The molecule has 3 aliphatic rings. The van der Waals surface area contributed by atoms with E-state index in [2.05, 4.69) is 0 Å². The number of carbonyl (C=O) groups is 2. The summed E-state index contributed by atoms with van der Waals surface area (Å²) in [6.07, 6.45) is 13.0. The number of carboxylic acids is 1. The summed E-state index contributed by atoms with van der Waals surface area (Å²) in [7, 11) is 0. The van der Waals surface area contributed by atoms with Crippen LogP contribution in [-0.2, 0) is 9.59 Å². The molecule has 1 N–H and O–H groups in total. The molecule has 114 valence electrons. The molecule has 2 atom stereocenters. The van der Waals surface area contributed by atoms with Crippen LogP contribution in [-0.4, -0.2) is 34.3 Å². The lowest BCUT2D eigenvalue weighted by molar-refractivity contribution is -0.143. The summed E-state index contributed by atoms with van der Waals surface area (Å²) in [5.74, 6) is -0.129. The Morgan fingerprint density at radius 1 is 1.33 bits per heavy atom. The Bertz CT molecular complexity index is 488. The van der Waals surface area contributed by atoms with E-state index in [0.717, 1.165) is 18.4 Å². The molecule has 1 saturated carbocycles. The molecule has 0 aromatic heterocycles. The van der Waals surface area contributed by atoms with Crippen LogP contribution in [0.3, 0.4) is 0 Å². The fourth-order valence-electron chi connectivity index (χ4n) is 3.88. The van der Waals surface area contributed by atoms with E-state index in [1.165, 1.54) is 19.3 Å². The molecule has 0 radical (unpaired) electrons. The SMILES string of the molecule is O=C1CC=CC2=CN([C@H](CC3CCCCC3)C(=O)O)CC12. The van der Waals surface area contributed by atoms with Gasteiger partial charge in [0.2, 0.25) is 0 Å². The fourth-order valence-corrected chi connectivity index (χ4v) is 3.88. The van der Waals surface area contributed by atoms with Crippen LogP contribution >= 0.6 is 0 Å². The van der Waals surface area contributed by atoms with Gasteiger partial charge in [0.1, 0.15) is 11.8 Å². The van der Waals surface area contributed by atoms with Crippen molar-refractivity contribution in [3.63, 3.8) is 0 Å². The van der Waals surface area contributed by atoms with E-state index in [-0.39, 0.29) is 11.7 Å². The number of Topliss-reactive ketones (excluding diaryl/α,β-unsaturated/α-hetero) is 1. The predicted molar refractivity (Wildman–Crippen MR) is 79.7 cm³/mol. The summed E-state index contributed by atoms with van der Waals surface area (Å²) in [5, 5.41) is 9.59. The number of allylic oxidation sites excluding steroid dienone is 2. The molecule has 1 fully saturated rings. The maximum absolute atomic E-state index is 11.9. The molecular weight excluding hydrogens is 266 g/mol. The van der Waals surface area contributed by atoms with Crippen molar-refractivity contribution >= 4 is 11.8 Å². The maximum Gasteiger partial charge on any atom is 0.326 e. The normalized spacial score (nSPS) is 27.4. The van der Waals surface area contributed by atoms with E-state index < -0.39 is 12.0 Å². The number of ketones is 1. The van der Waals surface area contributed by atoms with E-state index in [9.17, 15) is 14.7 Å². The van der Waals surface area contributed by atoms with Crippen LogP contribution < -0.4 is 0 Å². The van der Waals surface area contributed by atoms with Gasteiger partial charge in [-0.3, -0.25) is 4.79 Å². The zero-order valence-electron chi connectivity index (χ0n) is 12.3. The molecule has 0 bridgehead atoms. The highest BCUT2D eigenvalue weighted by Crippen LogP contribution is 2.33. The Kier molecular flexibility index (Phi) is 4.13. The summed E-state index contributed by atoms with van der Waals surface area (Å²) in [5.41, 5.74) is 0.987. The van der Waals surface area contributed by atoms with Gasteiger partial charge < -0.3 is 10.0 Å². The van der Waals surface area contributed by atoms with Gasteiger partial charge in [0.15, 0.2) is 0 Å². The van der Waals surface area contributed by atoms with Gasteiger partial charge >= 0.3 is 5.97 Å². The van der Waals surface area contributed by atoms with E-state index in [0.29, 0.717) is 25.3 Å². The summed E-state index contributed by atoms with van der Waals surface area (Å²) >= 11 is 0. The number of rotatable bonds is 4. The topological polar surface area (TPSA) is 57.6 Å². The third kappa shape index (κ3) is 3.04. The minimum absolute atomic E-state index is 0.108. The van der Waals surface area contributed by atoms with Gasteiger partial charge in [0.25, 0.3) is 0 Å². The van der Waals surface area contributed by atoms with Crippen LogP contribution in [0.2, 0.25) is 0 Å². The zero-order chi connectivity index (χ0) is 14.8. The fraction of sp³-hybridized carbons (Fsp3) is 0.647. The number of fused-ring (bicyclic) bond motifs is 1. The van der Waals surface area contributed by atoms with Gasteiger partial charge in [-0.2, -0.15) is 0 Å². The summed E-state index contributed by atoms with van der Waals surface area (Å²) in [4.78, 5) is 25.5. The van der Waals surface area contributed by atoms with Crippen LogP contribution in [0.4, 0.5) is 0 Å². The number of carboxylic acid groups (broad SMARTS) is 1. The Labute approximate surface area is 125 Å². The van der Waals surface area contributed by atoms with Gasteiger partial charge in [-0.25, -0.2) is 4.79 Å². The van der Waals surface area contributed by atoms with E-state index in [1.54, 1.807) is 0 Å². The van der Waals surface area contributed by atoms with Gasteiger partial charge in [0.05, 0.1) is 5.92 Å². The lowest BCUT2D eigenvalue weighted by Crippen LogP contribution is -2.40. The molecule has 1 heterocycles. The molecule has 4 heteroatoms. The monoisotopic (exact) mass is 289 g/mol. The molecule has 1 unspecified atom stereocenters. The van der Waals surface area contributed by atoms with Crippen molar-refractivity contribution in [1.82, 2.24) is 4.90 Å². The highest BCUT2D eigenvalue weighted by atomic mass is 16.4. The highest BCUT2D eigenvalue weighted by Gasteiger charge is 2.36. The number of hydrogen-bond donors (Lipinski definition) is 1. The first-order valence-corrected chi connectivity index (χ1v) is 8.04. The van der Waals surface area contributed by atoms with Crippen molar-refractivity contribution in [2.24, 2.45) is 11.8 Å². The molecule has 0 saturated heterocycles. The van der Waals surface area contributed by atoms with E-state index in [1.807, 2.05) is 23.3 Å². The Balaban J connectivity index is 1.70. The first-order valence-electron chi connectivity index (χ1n) is 8.04. The van der Waals surface area contributed by atoms with Crippen molar-refractivity contribution in [3.8, 4) is 0 Å². The van der Waals surface area contributed by atoms with Crippen molar-refractivity contribution in [2.45, 2.75) is 51.0 Å². The van der Waals surface area contributed by atoms with Crippen LogP contribution in [0.5, 0.6) is 0 Å². The summed E-state index contributed by atoms with van der Waals surface area (Å²) in [6.45, 7) is 0.544. The van der Waals surface area contributed by atoms with Crippen molar-refractivity contribution in [1.29, 1.82) is 0 Å². The Morgan fingerprint density at radius 3 is 2.76 bits per heavy atom. The lowest BCUT2D eigenvalue weighted by atomic mass is 9.84. The standard InChI is InChI=1S/C17H23NO3/c19-16-8-4-7-13-10-18(11-14(13)16)15(17(20)21)9-12-5-2-1-3-6-12/h4,7,10,12,14-15H,1-3,5-6,8-9,11H2,(H,20,21)/t14?,15-/m1/s1. The van der Waals surface area contributed by atoms with Gasteiger partial charge in [-0.1, -0.05) is 44.3 Å².